The summed E-state index contributed by atoms with van der Waals surface area (Å²) in [6.07, 6.45) is 0.442. The highest BCUT2D eigenvalue weighted by molar-refractivity contribution is 14.1. The molecule has 3 aromatic rings. The Hall–Kier alpha value is -1.41. The molecule has 0 aliphatic rings. The van der Waals surface area contributed by atoms with Gasteiger partial charge in [-0.1, -0.05) is 6.92 Å². The van der Waals surface area contributed by atoms with E-state index in [1.54, 1.807) is 0 Å². The van der Waals surface area contributed by atoms with Crippen molar-refractivity contribution in [2.45, 2.75) is 13.3 Å². The molecule has 1 heterocycles. The summed E-state index contributed by atoms with van der Waals surface area (Å²) in [5.41, 5.74) is 3.04. The normalized spacial score (nSPS) is 10.9. The SMILES string of the molecule is CCC(=O)Nc1ccc2oc(-c3cc(I)ccc3Br)nc2c1. The van der Waals surface area contributed by atoms with Crippen LogP contribution in [0.25, 0.3) is 22.6 Å². The Morgan fingerprint density at radius 3 is 2.91 bits per heavy atom. The van der Waals surface area contributed by atoms with Gasteiger partial charge in [-0.25, -0.2) is 4.98 Å². The minimum absolute atomic E-state index is 0.0246. The van der Waals surface area contributed by atoms with Crippen molar-refractivity contribution >= 4 is 61.2 Å². The lowest BCUT2D eigenvalue weighted by molar-refractivity contribution is -0.115. The highest BCUT2D eigenvalue weighted by Gasteiger charge is 2.12. The molecule has 0 radical (unpaired) electrons. The summed E-state index contributed by atoms with van der Waals surface area (Å²) in [5.74, 6) is 0.530. The van der Waals surface area contributed by atoms with Gasteiger partial charge in [-0.15, -0.1) is 0 Å². The largest absolute Gasteiger partial charge is 0.436 e. The number of hydrogen-bond acceptors (Lipinski definition) is 3. The maximum atomic E-state index is 11.5. The summed E-state index contributed by atoms with van der Waals surface area (Å²) in [6.45, 7) is 1.82. The van der Waals surface area contributed by atoms with Crippen LogP contribution in [0.2, 0.25) is 0 Å². The molecule has 0 unspecified atom stereocenters. The van der Waals surface area contributed by atoms with Gasteiger partial charge in [0.1, 0.15) is 5.52 Å². The van der Waals surface area contributed by atoms with Crippen molar-refractivity contribution in [2.24, 2.45) is 0 Å². The number of carbonyl (C=O) groups is 1. The number of oxazole rings is 1. The van der Waals surface area contributed by atoms with Crippen LogP contribution in [0.4, 0.5) is 5.69 Å². The summed E-state index contributed by atoms with van der Waals surface area (Å²) >= 11 is 5.77. The fourth-order valence-electron chi connectivity index (χ4n) is 2.03. The molecular formula is C16H12BrIN2O2. The molecule has 0 fully saturated rings. The lowest BCUT2D eigenvalue weighted by Crippen LogP contribution is -2.08. The van der Waals surface area contributed by atoms with Gasteiger partial charge in [-0.3, -0.25) is 4.79 Å². The monoisotopic (exact) mass is 470 g/mol. The Balaban J connectivity index is 2.02. The molecule has 0 saturated carbocycles. The Bertz CT molecular complexity index is 860. The number of rotatable bonds is 3. The van der Waals surface area contributed by atoms with Crippen LogP contribution in [-0.2, 0) is 4.79 Å². The zero-order valence-electron chi connectivity index (χ0n) is 11.7. The number of hydrogen-bond donors (Lipinski definition) is 1. The molecule has 0 bridgehead atoms. The number of halogens is 2. The molecule has 0 aliphatic heterocycles. The van der Waals surface area contributed by atoms with Crippen LogP contribution in [0.3, 0.4) is 0 Å². The summed E-state index contributed by atoms with van der Waals surface area (Å²) in [6, 6.07) is 11.4. The predicted molar refractivity (Wildman–Crippen MR) is 98.8 cm³/mol. The van der Waals surface area contributed by atoms with E-state index in [2.05, 4.69) is 48.8 Å². The first kappa shape index (κ1) is 15.5. The van der Waals surface area contributed by atoms with Gasteiger partial charge in [0.2, 0.25) is 11.8 Å². The van der Waals surface area contributed by atoms with E-state index < -0.39 is 0 Å². The third-order valence-electron chi connectivity index (χ3n) is 3.15. The number of anilines is 1. The molecule has 0 saturated heterocycles. The molecule has 4 nitrogen and oxygen atoms in total. The highest BCUT2D eigenvalue weighted by atomic mass is 127. The molecule has 6 heteroatoms. The van der Waals surface area contributed by atoms with Gasteiger partial charge < -0.3 is 9.73 Å². The van der Waals surface area contributed by atoms with E-state index in [1.165, 1.54) is 0 Å². The van der Waals surface area contributed by atoms with E-state index in [4.69, 9.17) is 4.42 Å². The van der Waals surface area contributed by atoms with Gasteiger partial charge in [0.25, 0.3) is 0 Å². The standard InChI is InChI=1S/C16H12BrIN2O2/c1-2-15(21)19-10-4-6-14-13(8-10)20-16(22-14)11-7-9(18)3-5-12(11)17/h3-8H,2H2,1H3,(H,19,21). The van der Waals surface area contributed by atoms with Gasteiger partial charge in [0.15, 0.2) is 5.58 Å². The number of nitrogens with one attached hydrogen (secondary N) is 1. The number of carbonyl (C=O) groups excluding carboxylic acids is 1. The smallest absolute Gasteiger partial charge is 0.228 e. The van der Waals surface area contributed by atoms with Crippen molar-refractivity contribution in [3.8, 4) is 11.5 Å². The number of amides is 1. The van der Waals surface area contributed by atoms with Gasteiger partial charge in [-0.05, 0) is 74.9 Å². The second-order valence-electron chi connectivity index (χ2n) is 4.73. The van der Waals surface area contributed by atoms with E-state index >= 15 is 0 Å². The molecule has 112 valence electrons. The van der Waals surface area contributed by atoms with Gasteiger partial charge in [0.05, 0.1) is 5.56 Å². The minimum Gasteiger partial charge on any atom is -0.436 e. The topological polar surface area (TPSA) is 55.1 Å². The van der Waals surface area contributed by atoms with Crippen LogP contribution >= 0.6 is 38.5 Å². The number of benzene rings is 2. The van der Waals surface area contributed by atoms with Crippen LogP contribution < -0.4 is 5.32 Å². The van der Waals surface area contributed by atoms with Crippen molar-refractivity contribution in [3.05, 3.63) is 44.4 Å². The fourth-order valence-corrected chi connectivity index (χ4v) is 2.94. The van der Waals surface area contributed by atoms with Crippen molar-refractivity contribution in [3.63, 3.8) is 0 Å². The molecule has 2 aromatic carbocycles. The van der Waals surface area contributed by atoms with Crippen molar-refractivity contribution < 1.29 is 9.21 Å². The average Bonchev–Trinajstić information content (AvgIpc) is 2.92. The Labute approximate surface area is 149 Å². The molecule has 0 atom stereocenters. The third-order valence-corrected chi connectivity index (χ3v) is 4.51. The molecule has 22 heavy (non-hydrogen) atoms. The van der Waals surface area contributed by atoms with E-state index in [-0.39, 0.29) is 5.91 Å². The Morgan fingerprint density at radius 1 is 1.32 bits per heavy atom. The maximum Gasteiger partial charge on any atom is 0.228 e. The number of fused-ring (bicyclic) bond motifs is 1. The quantitative estimate of drug-likeness (QED) is 0.534. The molecule has 1 amide bonds. The zero-order chi connectivity index (χ0) is 15.7. The highest BCUT2D eigenvalue weighted by Crippen LogP contribution is 2.32. The maximum absolute atomic E-state index is 11.5. The van der Waals surface area contributed by atoms with E-state index in [9.17, 15) is 4.79 Å². The van der Waals surface area contributed by atoms with Crippen molar-refractivity contribution in [1.29, 1.82) is 0 Å². The molecule has 1 N–H and O–H groups in total. The first-order valence-corrected chi connectivity index (χ1v) is 8.60. The summed E-state index contributed by atoms with van der Waals surface area (Å²) in [7, 11) is 0. The second-order valence-corrected chi connectivity index (χ2v) is 6.83. The lowest BCUT2D eigenvalue weighted by atomic mass is 10.2. The van der Waals surface area contributed by atoms with E-state index in [0.717, 1.165) is 24.8 Å². The number of aromatic nitrogens is 1. The van der Waals surface area contributed by atoms with Crippen LogP contribution in [0.5, 0.6) is 0 Å². The molecule has 0 aliphatic carbocycles. The molecule has 3 rings (SSSR count). The van der Waals surface area contributed by atoms with Crippen molar-refractivity contribution in [2.75, 3.05) is 5.32 Å². The molecule has 1 aromatic heterocycles. The molecule has 0 spiro atoms. The molecular weight excluding hydrogens is 459 g/mol. The van der Waals surface area contributed by atoms with Gasteiger partial charge >= 0.3 is 0 Å². The van der Waals surface area contributed by atoms with Gasteiger partial charge in [-0.2, -0.15) is 0 Å². The Morgan fingerprint density at radius 2 is 2.14 bits per heavy atom. The van der Waals surface area contributed by atoms with E-state index in [1.807, 2.05) is 43.3 Å². The summed E-state index contributed by atoms with van der Waals surface area (Å²) in [4.78, 5) is 16.0. The third kappa shape index (κ3) is 3.17. The first-order chi connectivity index (χ1) is 10.6. The zero-order valence-corrected chi connectivity index (χ0v) is 15.4. The number of nitrogens with zero attached hydrogens (tertiary/aromatic N) is 1. The van der Waals surface area contributed by atoms with Crippen LogP contribution in [0.1, 0.15) is 13.3 Å². The van der Waals surface area contributed by atoms with Crippen molar-refractivity contribution in [1.82, 2.24) is 4.98 Å². The predicted octanol–water partition coefficient (Wildman–Crippen LogP) is 5.21. The van der Waals surface area contributed by atoms with Gasteiger partial charge in [0, 0.05) is 20.2 Å². The summed E-state index contributed by atoms with van der Waals surface area (Å²) in [5, 5.41) is 2.82. The van der Waals surface area contributed by atoms with E-state index in [0.29, 0.717) is 17.9 Å². The van der Waals surface area contributed by atoms with Crippen LogP contribution in [0.15, 0.2) is 45.3 Å². The summed E-state index contributed by atoms with van der Waals surface area (Å²) < 4.78 is 7.85. The van der Waals surface area contributed by atoms with Crippen LogP contribution in [0, 0.1) is 3.57 Å². The fraction of sp³-hybridized carbons (Fsp3) is 0.125. The average molecular weight is 471 g/mol. The minimum atomic E-state index is -0.0246. The van der Waals surface area contributed by atoms with Crippen LogP contribution in [-0.4, -0.2) is 10.9 Å². The Kier molecular flexibility index (Phi) is 4.49. The first-order valence-electron chi connectivity index (χ1n) is 6.72. The lowest BCUT2D eigenvalue weighted by Gasteiger charge is -2.01. The second kappa shape index (κ2) is 6.37.